The fourth-order valence-electron chi connectivity index (χ4n) is 5.03. The second kappa shape index (κ2) is 10.0. The van der Waals surface area contributed by atoms with Crippen LogP contribution < -0.4 is 4.57 Å². The van der Waals surface area contributed by atoms with Crippen molar-refractivity contribution >= 4 is 21.7 Å². The summed E-state index contributed by atoms with van der Waals surface area (Å²) in [6.45, 7) is 4.35. The second-order valence-electron chi connectivity index (χ2n) is 8.87. The maximum atomic E-state index is 13.2. The highest BCUT2D eigenvalue weighted by Gasteiger charge is 2.45. The summed E-state index contributed by atoms with van der Waals surface area (Å²) in [5, 5.41) is 0. The van der Waals surface area contributed by atoms with Crippen LogP contribution in [-0.4, -0.2) is 15.3 Å². The zero-order valence-corrected chi connectivity index (χ0v) is 21.9. The molecule has 178 valence electrons. The molecule has 0 aliphatic rings. The lowest BCUT2D eigenvalue weighted by molar-refractivity contribution is -0.739. The highest BCUT2D eigenvalue weighted by Crippen LogP contribution is 2.37. The first kappa shape index (κ1) is 23.9. The summed E-state index contributed by atoms with van der Waals surface area (Å²) in [5.41, 5.74) is 4.28. The van der Waals surface area contributed by atoms with Gasteiger partial charge in [-0.3, -0.25) is 9.78 Å². The minimum Gasteiger partial charge on any atom is -0.288 e. The largest absolute Gasteiger partial charge is 0.288 e. The van der Waals surface area contributed by atoms with E-state index in [1.807, 2.05) is 24.3 Å². The van der Waals surface area contributed by atoms with Gasteiger partial charge >= 0.3 is 0 Å². The molecule has 4 nitrogen and oxygen atoms in total. The number of halogens is 1. The fourth-order valence-corrected chi connectivity index (χ4v) is 5.27. The lowest BCUT2D eigenvalue weighted by atomic mass is 9.76. The number of benzene rings is 3. The van der Waals surface area contributed by atoms with E-state index in [9.17, 15) is 4.79 Å². The summed E-state index contributed by atoms with van der Waals surface area (Å²) < 4.78 is 5.24. The van der Waals surface area contributed by atoms with E-state index >= 15 is 0 Å². The van der Waals surface area contributed by atoms with Crippen LogP contribution in [0.4, 0.5) is 0 Å². The summed E-state index contributed by atoms with van der Waals surface area (Å²) in [4.78, 5) is 17.5. The number of imidazole rings is 1. The predicted molar refractivity (Wildman–Crippen MR) is 145 cm³/mol. The topological polar surface area (TPSA) is 38.8 Å². The average Bonchev–Trinajstić information content (AvgIpc) is 3.20. The van der Waals surface area contributed by atoms with Crippen LogP contribution in [0, 0.1) is 13.8 Å². The maximum Gasteiger partial charge on any atom is 0.255 e. The average molecular weight is 537 g/mol. The lowest BCUT2D eigenvalue weighted by Gasteiger charge is -2.33. The van der Waals surface area contributed by atoms with E-state index < -0.39 is 5.54 Å². The number of rotatable bonds is 7. The maximum absolute atomic E-state index is 13.2. The van der Waals surface area contributed by atoms with Crippen molar-refractivity contribution in [3.8, 4) is 0 Å². The van der Waals surface area contributed by atoms with Crippen molar-refractivity contribution < 1.29 is 9.36 Å². The first-order chi connectivity index (χ1) is 17.5. The second-order valence-corrected chi connectivity index (χ2v) is 9.78. The predicted octanol–water partition coefficient (Wildman–Crippen LogP) is 6.27. The van der Waals surface area contributed by atoms with E-state index in [1.54, 1.807) is 12.3 Å². The van der Waals surface area contributed by atoms with Crippen molar-refractivity contribution in [3.63, 3.8) is 0 Å². The minimum atomic E-state index is -0.622. The summed E-state index contributed by atoms with van der Waals surface area (Å²) in [7, 11) is 0. The number of aryl methyl sites for hydroxylation is 1. The van der Waals surface area contributed by atoms with E-state index in [0.717, 1.165) is 32.7 Å². The molecule has 0 amide bonds. The highest BCUT2D eigenvalue weighted by atomic mass is 79.9. The van der Waals surface area contributed by atoms with Crippen LogP contribution in [0.1, 0.15) is 38.7 Å². The van der Waals surface area contributed by atoms with Crippen LogP contribution in [0.5, 0.6) is 0 Å². The van der Waals surface area contributed by atoms with Crippen molar-refractivity contribution in [2.24, 2.45) is 0 Å². The number of nitrogens with zero attached hydrogens (tertiary/aromatic N) is 3. The van der Waals surface area contributed by atoms with Crippen LogP contribution in [0.15, 0.2) is 120 Å². The number of hydrogen-bond acceptors (Lipinski definition) is 2. The molecule has 0 saturated heterocycles. The molecule has 5 heteroatoms. The first-order valence-corrected chi connectivity index (χ1v) is 12.7. The molecule has 0 bridgehead atoms. The van der Waals surface area contributed by atoms with Gasteiger partial charge < -0.3 is 0 Å². The molecular formula is C31H27BrN3O+. The van der Waals surface area contributed by atoms with Gasteiger partial charge in [0.05, 0.1) is 0 Å². The smallest absolute Gasteiger partial charge is 0.255 e. The Bertz CT molecular complexity index is 1380. The normalized spacial score (nSPS) is 11.4. The molecule has 36 heavy (non-hydrogen) atoms. The van der Waals surface area contributed by atoms with Crippen LogP contribution in [0.2, 0.25) is 0 Å². The molecule has 3 aromatic carbocycles. The molecule has 5 aromatic rings. The van der Waals surface area contributed by atoms with Crippen molar-refractivity contribution in [2.45, 2.75) is 25.9 Å². The zero-order chi connectivity index (χ0) is 25.1. The minimum absolute atomic E-state index is 0.0267. The molecule has 0 N–H and O–H groups in total. The molecular weight excluding hydrogens is 510 g/mol. The third-order valence-corrected chi connectivity index (χ3v) is 7.20. The Balaban J connectivity index is 1.73. The van der Waals surface area contributed by atoms with Crippen molar-refractivity contribution in [1.82, 2.24) is 9.55 Å². The van der Waals surface area contributed by atoms with Gasteiger partial charge in [-0.25, -0.2) is 9.13 Å². The molecule has 0 spiro atoms. The van der Waals surface area contributed by atoms with Gasteiger partial charge in [0.1, 0.15) is 17.6 Å². The monoisotopic (exact) mass is 536 g/mol. The van der Waals surface area contributed by atoms with Crippen molar-refractivity contribution in [1.29, 1.82) is 0 Å². The van der Waals surface area contributed by atoms with E-state index in [4.69, 9.17) is 0 Å². The molecule has 0 radical (unpaired) electrons. The van der Waals surface area contributed by atoms with E-state index in [-0.39, 0.29) is 12.3 Å². The van der Waals surface area contributed by atoms with Gasteiger partial charge in [-0.1, -0.05) is 91.0 Å². The number of ketones is 1. The number of hydrogen-bond donors (Lipinski definition) is 0. The molecule has 0 aliphatic heterocycles. The Morgan fingerprint density at radius 1 is 0.806 bits per heavy atom. The Morgan fingerprint density at radius 2 is 1.31 bits per heavy atom. The first-order valence-electron chi connectivity index (χ1n) is 11.9. The van der Waals surface area contributed by atoms with Gasteiger partial charge in [-0.15, -0.1) is 0 Å². The molecule has 2 aromatic heterocycles. The third kappa shape index (κ3) is 4.20. The summed E-state index contributed by atoms with van der Waals surface area (Å²) in [6, 6.07) is 35.3. The standard InChI is InChI=1S/C31H27BrN3O/c1-23-21-35(24(2)34(23)22-30(36)29-19-18-28(32)20-33-29)31(25-12-6-3-7-13-25,26-14-8-4-9-15-26)27-16-10-5-11-17-27/h3-21H,22H2,1-2H3/q+1. The molecule has 0 atom stereocenters. The van der Waals surface area contributed by atoms with Crippen LogP contribution in [-0.2, 0) is 12.1 Å². The van der Waals surface area contributed by atoms with Crippen LogP contribution >= 0.6 is 15.9 Å². The zero-order valence-electron chi connectivity index (χ0n) is 20.3. The van der Waals surface area contributed by atoms with E-state index in [0.29, 0.717) is 5.69 Å². The Hall–Kier alpha value is -3.83. The number of pyridine rings is 1. The molecule has 2 heterocycles. The third-order valence-electron chi connectivity index (χ3n) is 6.73. The quantitative estimate of drug-likeness (QED) is 0.139. The Kier molecular flexibility index (Phi) is 6.66. The lowest BCUT2D eigenvalue weighted by Crippen LogP contribution is -2.59. The molecule has 0 fully saturated rings. The van der Waals surface area contributed by atoms with Gasteiger partial charge in [-0.2, -0.15) is 0 Å². The number of aromatic nitrogens is 3. The summed E-state index contributed by atoms with van der Waals surface area (Å²) in [5.74, 6) is 0.954. The molecule has 5 rings (SSSR count). The van der Waals surface area contributed by atoms with Crippen LogP contribution in [0.25, 0.3) is 0 Å². The van der Waals surface area contributed by atoms with Gasteiger partial charge in [-0.05, 0) is 28.1 Å². The van der Waals surface area contributed by atoms with Gasteiger partial charge in [0.2, 0.25) is 5.78 Å². The molecule has 0 saturated carbocycles. The summed E-state index contributed by atoms with van der Waals surface area (Å²) in [6.07, 6.45) is 3.82. The van der Waals surface area contributed by atoms with E-state index in [1.165, 1.54) is 0 Å². The number of carbonyl (C=O) groups is 1. The van der Waals surface area contributed by atoms with Crippen molar-refractivity contribution in [3.05, 3.63) is 154 Å². The van der Waals surface area contributed by atoms with Gasteiger partial charge in [0.15, 0.2) is 12.1 Å². The van der Waals surface area contributed by atoms with Crippen LogP contribution in [0.3, 0.4) is 0 Å². The highest BCUT2D eigenvalue weighted by molar-refractivity contribution is 9.10. The SMILES string of the molecule is Cc1c[n+](C(c2ccccc2)(c2ccccc2)c2ccccc2)c(C)n1CC(=O)c1ccc(Br)cn1. The molecule has 0 aliphatic carbocycles. The van der Waals surface area contributed by atoms with Gasteiger partial charge in [0.25, 0.3) is 5.82 Å². The Morgan fingerprint density at radius 3 is 1.75 bits per heavy atom. The fraction of sp³-hybridized carbons (Fsp3) is 0.129. The molecule has 0 unspecified atom stereocenters. The number of carbonyl (C=O) groups excluding carboxylic acids is 1. The van der Waals surface area contributed by atoms with Crippen molar-refractivity contribution in [2.75, 3.05) is 0 Å². The van der Waals surface area contributed by atoms with E-state index in [2.05, 4.69) is 123 Å². The Labute approximate surface area is 220 Å². The van der Waals surface area contributed by atoms with Gasteiger partial charge in [0, 0.05) is 41.2 Å². The number of Topliss-reactive ketones (excluding diaryl/α,β-unsaturated/α-hetero) is 1. The summed E-state index contributed by atoms with van der Waals surface area (Å²) >= 11 is 3.39.